The molecule has 0 unspecified atom stereocenters. The average Bonchev–Trinajstić information content (AvgIpc) is 2.92. The number of fused-ring (bicyclic) bond motifs is 1. The van der Waals surface area contributed by atoms with Gasteiger partial charge in [-0.25, -0.2) is 0 Å². The Bertz CT molecular complexity index is 689. The van der Waals surface area contributed by atoms with E-state index in [1.54, 1.807) is 7.05 Å². The summed E-state index contributed by atoms with van der Waals surface area (Å²) >= 11 is 0. The van der Waals surface area contributed by atoms with Crippen LogP contribution in [0.3, 0.4) is 0 Å². The van der Waals surface area contributed by atoms with Crippen molar-refractivity contribution in [3.05, 3.63) is 18.2 Å². The number of hydrogen-bond acceptors (Lipinski definition) is 4. The molecule has 0 aliphatic carbocycles. The topological polar surface area (TPSA) is 58.1 Å². The highest BCUT2D eigenvalue weighted by atomic mass is 19.4. The number of alkyl halides is 3. The van der Waals surface area contributed by atoms with Crippen LogP contribution in [0.25, 0.3) is 0 Å². The number of aliphatic imine (C=N–C) groups is 1. The van der Waals surface area contributed by atoms with E-state index in [1.165, 1.54) is 4.90 Å². The molecular weight excluding hydrogens is 385 g/mol. The zero-order valence-electron chi connectivity index (χ0n) is 16.7. The number of rotatable bonds is 5. The molecule has 9 heteroatoms. The van der Waals surface area contributed by atoms with Gasteiger partial charge in [0, 0.05) is 31.8 Å². The number of benzene rings is 1. The van der Waals surface area contributed by atoms with Crippen molar-refractivity contribution in [2.75, 3.05) is 51.8 Å². The van der Waals surface area contributed by atoms with Gasteiger partial charge < -0.3 is 20.1 Å². The molecule has 0 aromatic heterocycles. The van der Waals surface area contributed by atoms with Gasteiger partial charge in [0.2, 0.25) is 0 Å². The summed E-state index contributed by atoms with van der Waals surface area (Å²) in [6.07, 6.45) is -0.755. The minimum absolute atomic E-state index is 0.433. The second-order valence-electron chi connectivity index (χ2n) is 7.46. The molecule has 1 fully saturated rings. The highest BCUT2D eigenvalue weighted by molar-refractivity contribution is 5.93. The van der Waals surface area contributed by atoms with Gasteiger partial charge in [0.05, 0.1) is 19.8 Å². The zero-order chi connectivity index (χ0) is 20.7. The highest BCUT2D eigenvalue weighted by Crippen LogP contribution is 2.32. The average molecular weight is 414 g/mol. The van der Waals surface area contributed by atoms with Crippen LogP contribution in [0.5, 0.6) is 11.5 Å². The molecule has 0 bridgehead atoms. The van der Waals surface area contributed by atoms with E-state index >= 15 is 0 Å². The lowest BCUT2D eigenvalue weighted by Gasteiger charge is -2.32. The van der Waals surface area contributed by atoms with Gasteiger partial charge >= 0.3 is 6.18 Å². The predicted molar refractivity (Wildman–Crippen MR) is 107 cm³/mol. The number of nitrogens with zero attached hydrogens (tertiary/aromatic N) is 2. The van der Waals surface area contributed by atoms with Gasteiger partial charge in [0.1, 0.15) is 0 Å². The van der Waals surface area contributed by atoms with Crippen LogP contribution in [0.1, 0.15) is 25.7 Å². The first-order valence-electron chi connectivity index (χ1n) is 10.1. The fraction of sp³-hybridized carbons (Fsp3) is 0.650. The molecule has 3 rings (SSSR count). The summed E-state index contributed by atoms with van der Waals surface area (Å²) in [5.74, 6) is 2.54. The summed E-state index contributed by atoms with van der Waals surface area (Å²) in [6, 6.07) is 5.69. The summed E-state index contributed by atoms with van der Waals surface area (Å²) in [6.45, 7) is 2.21. The van der Waals surface area contributed by atoms with Crippen molar-refractivity contribution in [2.45, 2.75) is 31.9 Å². The normalized spacial score (nSPS) is 19.0. The number of nitrogens with one attached hydrogen (secondary N) is 2. The Labute approximate surface area is 169 Å². The molecule has 6 nitrogen and oxygen atoms in total. The maximum atomic E-state index is 12.5. The maximum Gasteiger partial charge on any atom is 0.401 e. The molecule has 2 N–H and O–H groups in total. The molecule has 0 atom stereocenters. The smallest absolute Gasteiger partial charge is 0.401 e. The molecule has 0 amide bonds. The number of hydrogen-bond donors (Lipinski definition) is 2. The van der Waals surface area contributed by atoms with Crippen molar-refractivity contribution < 1.29 is 22.6 Å². The first kappa shape index (κ1) is 21.5. The molecule has 2 heterocycles. The number of guanidine groups is 1. The number of piperidine rings is 1. The lowest BCUT2D eigenvalue weighted by atomic mass is 9.93. The molecule has 2 aliphatic heterocycles. The molecule has 0 saturated carbocycles. The van der Waals surface area contributed by atoms with Gasteiger partial charge in [-0.2, -0.15) is 13.2 Å². The van der Waals surface area contributed by atoms with Gasteiger partial charge in [0.25, 0.3) is 0 Å². The van der Waals surface area contributed by atoms with Crippen molar-refractivity contribution in [1.29, 1.82) is 0 Å². The molecular formula is C20H29F3N4O2. The van der Waals surface area contributed by atoms with Gasteiger partial charge in [-0.15, -0.1) is 0 Å². The summed E-state index contributed by atoms with van der Waals surface area (Å²) < 4.78 is 48.8. The van der Waals surface area contributed by atoms with Crippen LogP contribution in [-0.4, -0.2) is 63.5 Å². The van der Waals surface area contributed by atoms with E-state index in [0.29, 0.717) is 50.5 Å². The van der Waals surface area contributed by atoms with Gasteiger partial charge in [-0.3, -0.25) is 9.89 Å². The standard InChI is InChI=1S/C20H29F3N4O2/c1-24-19(26-16-3-4-17-18(13-16)29-12-2-11-28-17)25-8-5-15-6-9-27(10-7-15)14-20(21,22)23/h3-4,13,15H,2,5-12,14H2,1H3,(H2,24,25,26). The van der Waals surface area contributed by atoms with E-state index in [4.69, 9.17) is 9.47 Å². The maximum absolute atomic E-state index is 12.5. The lowest BCUT2D eigenvalue weighted by molar-refractivity contribution is -0.148. The van der Waals surface area contributed by atoms with Crippen LogP contribution in [0.2, 0.25) is 0 Å². The van der Waals surface area contributed by atoms with E-state index in [0.717, 1.165) is 37.1 Å². The van der Waals surface area contributed by atoms with Crippen LogP contribution < -0.4 is 20.1 Å². The fourth-order valence-corrected chi connectivity index (χ4v) is 3.64. The first-order valence-corrected chi connectivity index (χ1v) is 10.1. The Kier molecular flexibility index (Phi) is 7.46. The molecule has 162 valence electrons. The van der Waals surface area contributed by atoms with E-state index in [2.05, 4.69) is 15.6 Å². The summed E-state index contributed by atoms with van der Waals surface area (Å²) in [7, 11) is 1.70. The summed E-state index contributed by atoms with van der Waals surface area (Å²) in [5.41, 5.74) is 0.850. The Morgan fingerprint density at radius 3 is 2.59 bits per heavy atom. The number of ether oxygens (including phenoxy) is 2. The van der Waals surface area contributed by atoms with E-state index in [1.807, 2.05) is 18.2 Å². The molecule has 2 aliphatic rings. The van der Waals surface area contributed by atoms with Crippen molar-refractivity contribution >= 4 is 11.6 Å². The Morgan fingerprint density at radius 1 is 1.17 bits per heavy atom. The minimum atomic E-state index is -4.11. The molecule has 1 aromatic carbocycles. The van der Waals surface area contributed by atoms with Crippen LogP contribution >= 0.6 is 0 Å². The van der Waals surface area contributed by atoms with Crippen LogP contribution in [0.4, 0.5) is 18.9 Å². The molecule has 1 aromatic rings. The molecule has 0 radical (unpaired) electrons. The first-order chi connectivity index (χ1) is 13.9. The van der Waals surface area contributed by atoms with Gasteiger partial charge in [-0.05, 0) is 50.4 Å². The molecule has 29 heavy (non-hydrogen) atoms. The second-order valence-corrected chi connectivity index (χ2v) is 7.46. The van der Waals surface area contributed by atoms with Crippen molar-refractivity contribution in [2.24, 2.45) is 10.9 Å². The number of halogens is 3. The highest BCUT2D eigenvalue weighted by Gasteiger charge is 2.32. The minimum Gasteiger partial charge on any atom is -0.490 e. The SMILES string of the molecule is CN=C(NCCC1CCN(CC(F)(F)F)CC1)Nc1ccc2c(c1)OCCCO2. The lowest BCUT2D eigenvalue weighted by Crippen LogP contribution is -2.40. The van der Waals surface area contributed by atoms with E-state index < -0.39 is 12.7 Å². The Morgan fingerprint density at radius 2 is 1.90 bits per heavy atom. The van der Waals surface area contributed by atoms with Crippen molar-refractivity contribution in [3.63, 3.8) is 0 Å². The quantitative estimate of drug-likeness (QED) is 0.571. The zero-order valence-corrected chi connectivity index (χ0v) is 16.7. The Hall–Kier alpha value is -2.16. The second kappa shape index (κ2) is 10.0. The van der Waals surface area contributed by atoms with Crippen LogP contribution in [0.15, 0.2) is 23.2 Å². The van der Waals surface area contributed by atoms with Gasteiger partial charge in [0.15, 0.2) is 17.5 Å². The van der Waals surface area contributed by atoms with Gasteiger partial charge in [-0.1, -0.05) is 0 Å². The van der Waals surface area contributed by atoms with Crippen molar-refractivity contribution in [3.8, 4) is 11.5 Å². The Balaban J connectivity index is 1.41. The number of likely N-dealkylation sites (tertiary alicyclic amines) is 1. The van der Waals surface area contributed by atoms with Crippen LogP contribution in [-0.2, 0) is 0 Å². The monoisotopic (exact) mass is 414 g/mol. The molecule has 1 saturated heterocycles. The number of anilines is 1. The fourth-order valence-electron chi connectivity index (χ4n) is 3.64. The summed E-state index contributed by atoms with van der Waals surface area (Å²) in [5, 5.41) is 6.52. The third kappa shape index (κ3) is 6.99. The van der Waals surface area contributed by atoms with Crippen LogP contribution in [0, 0.1) is 5.92 Å². The summed E-state index contributed by atoms with van der Waals surface area (Å²) in [4.78, 5) is 5.73. The van der Waals surface area contributed by atoms with E-state index in [-0.39, 0.29) is 0 Å². The third-order valence-corrected chi connectivity index (χ3v) is 5.19. The van der Waals surface area contributed by atoms with Crippen molar-refractivity contribution in [1.82, 2.24) is 10.2 Å². The largest absolute Gasteiger partial charge is 0.490 e. The molecule has 0 spiro atoms. The van der Waals surface area contributed by atoms with E-state index in [9.17, 15) is 13.2 Å². The third-order valence-electron chi connectivity index (χ3n) is 5.19. The predicted octanol–water partition coefficient (Wildman–Crippen LogP) is 3.50.